The van der Waals surface area contributed by atoms with Crippen molar-refractivity contribution in [2.24, 2.45) is 11.7 Å². The smallest absolute Gasteiger partial charge is 0.254 e. The minimum absolute atomic E-state index is 0. The number of primary amides is 1. The first-order valence-corrected chi connectivity index (χ1v) is 16.1. The van der Waals surface area contributed by atoms with E-state index in [1.807, 2.05) is 41.3 Å². The molecule has 2 saturated heterocycles. The van der Waals surface area contributed by atoms with Gasteiger partial charge in [-0.25, -0.2) is 0 Å². The zero-order valence-electron chi connectivity index (χ0n) is 27.3. The van der Waals surface area contributed by atoms with Gasteiger partial charge in [-0.1, -0.05) is 41.4 Å². The number of nitrogens with zero attached hydrogens (tertiary/aromatic N) is 2. The molecular formula is C35H42Cl3N3O6. The fourth-order valence-electron chi connectivity index (χ4n) is 7.20. The van der Waals surface area contributed by atoms with Crippen LogP contribution in [0.1, 0.15) is 47.2 Å². The highest BCUT2D eigenvalue weighted by molar-refractivity contribution is 6.42. The van der Waals surface area contributed by atoms with Crippen LogP contribution in [-0.4, -0.2) is 82.3 Å². The highest BCUT2D eigenvalue weighted by atomic mass is 35.5. The van der Waals surface area contributed by atoms with E-state index in [2.05, 4.69) is 11.8 Å². The molecule has 4 unspecified atom stereocenters. The predicted molar refractivity (Wildman–Crippen MR) is 186 cm³/mol. The second kappa shape index (κ2) is 15.2. The first-order valence-electron chi connectivity index (χ1n) is 15.3. The van der Waals surface area contributed by atoms with Crippen LogP contribution in [0.15, 0.2) is 54.6 Å². The number of benzene rings is 3. The second-order valence-corrected chi connectivity index (χ2v) is 12.8. The standard InChI is InChI=1S/C35H41Cl2N3O6.ClH/c1-21(23-11-13-40(19-23)33(41)24-16-30(44-3)32(46-5)31(17-24)45-4)39-14-12-35(34(38)42,25-7-6-8-26(18-25)43-2)27(20-39)22-9-10-28(36)29(37)15-22;/h6-10,15-18,21,23,27H,11-14,19-20H2,1-5H3,(H2,38,42);1H. The van der Waals surface area contributed by atoms with Crippen molar-refractivity contribution in [3.63, 3.8) is 0 Å². The minimum Gasteiger partial charge on any atom is -0.497 e. The lowest BCUT2D eigenvalue weighted by Crippen LogP contribution is -2.57. The summed E-state index contributed by atoms with van der Waals surface area (Å²) in [5.74, 6) is 1.40. The molecule has 2 heterocycles. The van der Waals surface area contributed by atoms with Gasteiger partial charge in [0.25, 0.3) is 5.91 Å². The predicted octanol–water partition coefficient (Wildman–Crippen LogP) is 6.21. The van der Waals surface area contributed by atoms with E-state index >= 15 is 0 Å². The van der Waals surface area contributed by atoms with E-state index in [4.69, 9.17) is 47.9 Å². The van der Waals surface area contributed by atoms with Gasteiger partial charge in [0, 0.05) is 37.2 Å². The van der Waals surface area contributed by atoms with Crippen LogP contribution in [0.2, 0.25) is 10.0 Å². The molecule has 0 bridgehead atoms. The number of ether oxygens (including phenoxy) is 4. The van der Waals surface area contributed by atoms with Crippen molar-refractivity contribution in [2.75, 3.05) is 54.6 Å². The maximum atomic E-state index is 13.7. The number of carbonyl (C=O) groups excluding carboxylic acids is 2. The molecule has 2 amide bonds. The van der Waals surface area contributed by atoms with Crippen LogP contribution in [0.5, 0.6) is 23.0 Å². The van der Waals surface area contributed by atoms with Crippen LogP contribution in [0.25, 0.3) is 0 Å². The van der Waals surface area contributed by atoms with Crippen LogP contribution in [0, 0.1) is 5.92 Å². The van der Waals surface area contributed by atoms with E-state index in [0.717, 1.165) is 17.5 Å². The van der Waals surface area contributed by atoms with Crippen molar-refractivity contribution in [2.45, 2.75) is 37.1 Å². The Morgan fingerprint density at radius 2 is 1.60 bits per heavy atom. The number of methoxy groups -OCH3 is 4. The summed E-state index contributed by atoms with van der Waals surface area (Å²) in [5.41, 5.74) is 7.49. The number of amides is 2. The monoisotopic (exact) mass is 705 g/mol. The van der Waals surface area contributed by atoms with Crippen molar-refractivity contribution in [3.05, 3.63) is 81.3 Å². The van der Waals surface area contributed by atoms with E-state index in [9.17, 15) is 9.59 Å². The average Bonchev–Trinajstić information content (AvgIpc) is 3.58. The molecule has 47 heavy (non-hydrogen) atoms. The highest BCUT2D eigenvalue weighted by Crippen LogP contribution is 2.48. The van der Waals surface area contributed by atoms with E-state index < -0.39 is 11.3 Å². The number of piperidine rings is 1. The molecule has 2 aliphatic rings. The zero-order valence-corrected chi connectivity index (χ0v) is 29.6. The molecule has 2 N–H and O–H groups in total. The van der Waals surface area contributed by atoms with E-state index in [0.29, 0.717) is 71.2 Å². The Kier molecular flexibility index (Phi) is 11.8. The molecule has 4 atom stereocenters. The van der Waals surface area contributed by atoms with Crippen molar-refractivity contribution in [1.29, 1.82) is 0 Å². The van der Waals surface area contributed by atoms with Gasteiger partial charge < -0.3 is 29.6 Å². The molecule has 0 aliphatic carbocycles. The zero-order chi connectivity index (χ0) is 33.2. The van der Waals surface area contributed by atoms with Crippen LogP contribution < -0.4 is 24.7 Å². The molecule has 3 aromatic rings. The molecular weight excluding hydrogens is 665 g/mol. The van der Waals surface area contributed by atoms with Gasteiger partial charge in [-0.15, -0.1) is 12.4 Å². The Morgan fingerprint density at radius 3 is 2.19 bits per heavy atom. The van der Waals surface area contributed by atoms with Crippen molar-refractivity contribution in [3.8, 4) is 23.0 Å². The maximum Gasteiger partial charge on any atom is 0.254 e. The SMILES string of the molecule is COc1cccc(C2(C(N)=O)CCN(C(C)C3CCN(C(=O)c4cc(OC)c(OC)c(OC)c4)C3)CC2c2ccc(Cl)c(Cl)c2)c1.Cl. The van der Waals surface area contributed by atoms with Crippen molar-refractivity contribution >= 4 is 47.4 Å². The Labute approximate surface area is 292 Å². The van der Waals surface area contributed by atoms with E-state index in [1.165, 1.54) is 21.3 Å². The third kappa shape index (κ3) is 6.95. The lowest BCUT2D eigenvalue weighted by molar-refractivity contribution is -0.126. The maximum absolute atomic E-state index is 13.7. The third-order valence-corrected chi connectivity index (χ3v) is 10.6. The number of halogens is 3. The summed E-state index contributed by atoms with van der Waals surface area (Å²) in [6.07, 6.45) is 1.35. The Hall–Kier alpha value is -3.37. The highest BCUT2D eigenvalue weighted by Gasteiger charge is 2.51. The summed E-state index contributed by atoms with van der Waals surface area (Å²) in [6.45, 7) is 4.64. The minimum atomic E-state index is -0.994. The molecule has 12 heteroatoms. The molecule has 0 aromatic heterocycles. The molecule has 0 saturated carbocycles. The summed E-state index contributed by atoms with van der Waals surface area (Å²) in [6, 6.07) is 16.6. The third-order valence-electron chi connectivity index (χ3n) is 9.86. The molecule has 254 valence electrons. The Bertz CT molecular complexity index is 1580. The molecule has 2 fully saturated rings. The first kappa shape index (κ1) is 36.5. The molecule has 3 aromatic carbocycles. The van der Waals surface area contributed by atoms with Gasteiger partial charge in [0.1, 0.15) is 5.75 Å². The van der Waals surface area contributed by atoms with Gasteiger partial charge in [-0.2, -0.15) is 0 Å². The van der Waals surface area contributed by atoms with Crippen LogP contribution in [0.4, 0.5) is 0 Å². The topological polar surface area (TPSA) is 104 Å². The molecule has 2 aliphatic heterocycles. The van der Waals surface area contributed by atoms with Crippen LogP contribution >= 0.6 is 35.6 Å². The largest absolute Gasteiger partial charge is 0.497 e. The number of likely N-dealkylation sites (tertiary alicyclic amines) is 2. The number of hydrogen-bond acceptors (Lipinski definition) is 7. The first-order chi connectivity index (χ1) is 22.1. The Morgan fingerprint density at radius 1 is 0.894 bits per heavy atom. The summed E-state index contributed by atoms with van der Waals surface area (Å²) in [5, 5.41) is 0.866. The Balaban J connectivity index is 0.00000500. The summed E-state index contributed by atoms with van der Waals surface area (Å²) >= 11 is 12.8. The molecule has 5 rings (SSSR count). The van der Waals surface area contributed by atoms with Crippen molar-refractivity contribution in [1.82, 2.24) is 9.80 Å². The van der Waals surface area contributed by atoms with Crippen LogP contribution in [0.3, 0.4) is 0 Å². The van der Waals surface area contributed by atoms with Gasteiger partial charge in [0.05, 0.1) is 43.9 Å². The van der Waals surface area contributed by atoms with E-state index in [-0.39, 0.29) is 36.2 Å². The van der Waals surface area contributed by atoms with E-state index in [1.54, 1.807) is 25.3 Å². The van der Waals surface area contributed by atoms with Gasteiger partial charge >= 0.3 is 0 Å². The lowest BCUT2D eigenvalue weighted by Gasteiger charge is -2.49. The summed E-state index contributed by atoms with van der Waals surface area (Å²) in [4.78, 5) is 31.5. The second-order valence-electron chi connectivity index (χ2n) is 12.0. The average molecular weight is 707 g/mol. The number of carbonyl (C=O) groups is 2. The fourth-order valence-corrected chi connectivity index (χ4v) is 7.51. The summed E-state index contributed by atoms with van der Waals surface area (Å²) in [7, 11) is 6.20. The lowest BCUT2D eigenvalue weighted by atomic mass is 9.62. The fraction of sp³-hybridized carbons (Fsp3) is 0.429. The van der Waals surface area contributed by atoms with Gasteiger partial charge in [-0.3, -0.25) is 14.5 Å². The number of nitrogens with two attached hydrogens (primary N) is 1. The van der Waals surface area contributed by atoms with Crippen molar-refractivity contribution < 1.29 is 28.5 Å². The van der Waals surface area contributed by atoms with Crippen LogP contribution in [-0.2, 0) is 10.2 Å². The quantitative estimate of drug-likeness (QED) is 0.267. The normalized spacial score (nSPS) is 21.8. The van der Waals surface area contributed by atoms with Gasteiger partial charge in [0.2, 0.25) is 11.7 Å². The molecule has 0 radical (unpaired) electrons. The molecule has 0 spiro atoms. The molecule has 9 nitrogen and oxygen atoms in total. The number of hydrogen-bond donors (Lipinski definition) is 1. The van der Waals surface area contributed by atoms with Gasteiger partial charge in [0.15, 0.2) is 11.5 Å². The van der Waals surface area contributed by atoms with Gasteiger partial charge in [-0.05, 0) is 79.8 Å². The summed E-state index contributed by atoms with van der Waals surface area (Å²) < 4.78 is 21.9. The number of rotatable bonds is 10.